The van der Waals surface area contributed by atoms with Gasteiger partial charge in [0, 0.05) is 17.0 Å². The largest absolute Gasteiger partial charge is 0.487 e. The summed E-state index contributed by atoms with van der Waals surface area (Å²) >= 11 is 6.00. The summed E-state index contributed by atoms with van der Waals surface area (Å²) in [7, 11) is 0. The van der Waals surface area contributed by atoms with Crippen LogP contribution in [0.3, 0.4) is 0 Å². The first-order valence-electron chi connectivity index (χ1n) is 7.14. The number of hydrogen-bond donors (Lipinski definition) is 1. The van der Waals surface area contributed by atoms with Gasteiger partial charge in [0.1, 0.15) is 11.4 Å². The van der Waals surface area contributed by atoms with Gasteiger partial charge < -0.3 is 9.84 Å². The van der Waals surface area contributed by atoms with Gasteiger partial charge in [-0.05, 0) is 49.3 Å². The molecule has 1 aromatic rings. The Morgan fingerprint density at radius 1 is 1.21 bits per heavy atom. The van der Waals surface area contributed by atoms with E-state index in [9.17, 15) is 5.11 Å². The summed E-state index contributed by atoms with van der Waals surface area (Å²) in [4.78, 5) is 0. The summed E-state index contributed by atoms with van der Waals surface area (Å²) in [6, 6.07) is 5.55. The fourth-order valence-corrected chi connectivity index (χ4v) is 4.25. The van der Waals surface area contributed by atoms with Crippen molar-refractivity contribution >= 4 is 11.6 Å². The Balaban J connectivity index is 1.94. The molecule has 0 radical (unpaired) electrons. The van der Waals surface area contributed by atoms with Crippen molar-refractivity contribution in [1.82, 2.24) is 0 Å². The summed E-state index contributed by atoms with van der Waals surface area (Å²) < 4.78 is 6.31. The van der Waals surface area contributed by atoms with E-state index in [0.717, 1.165) is 24.2 Å². The number of fused-ring (bicyclic) bond motifs is 1. The number of ether oxygens (including phenoxy) is 1. The van der Waals surface area contributed by atoms with Crippen molar-refractivity contribution in [3.05, 3.63) is 28.8 Å². The zero-order valence-corrected chi connectivity index (χ0v) is 12.3. The zero-order chi connectivity index (χ0) is 13.6. The maximum Gasteiger partial charge on any atom is 0.126 e. The standard InChI is InChI=1S/C16H21ClO2/c1-10-5-11(2)8-16(7-10)9-14(18)13-6-12(17)3-4-15(13)19-16/h3-4,6,10-11,14,18H,5,7-9H2,1-2H3/t10?,11?,14-,16?/m0/s1. The third-order valence-electron chi connectivity index (χ3n) is 4.47. The zero-order valence-electron chi connectivity index (χ0n) is 11.5. The van der Waals surface area contributed by atoms with Gasteiger partial charge in [-0.1, -0.05) is 25.4 Å². The van der Waals surface area contributed by atoms with E-state index in [1.807, 2.05) is 18.2 Å². The number of hydrogen-bond acceptors (Lipinski definition) is 2. The molecule has 1 N–H and O–H groups in total. The van der Waals surface area contributed by atoms with Crippen molar-refractivity contribution in [2.24, 2.45) is 11.8 Å². The third kappa shape index (κ3) is 2.48. The molecular weight excluding hydrogens is 260 g/mol. The van der Waals surface area contributed by atoms with Gasteiger partial charge in [0.2, 0.25) is 0 Å². The summed E-state index contributed by atoms with van der Waals surface area (Å²) in [6.45, 7) is 4.56. The minimum atomic E-state index is -0.458. The monoisotopic (exact) mass is 280 g/mol. The maximum absolute atomic E-state index is 10.4. The molecule has 1 aliphatic heterocycles. The van der Waals surface area contributed by atoms with E-state index in [0.29, 0.717) is 23.3 Å². The number of aliphatic hydroxyl groups excluding tert-OH is 1. The molecule has 19 heavy (non-hydrogen) atoms. The molecule has 1 spiro atoms. The van der Waals surface area contributed by atoms with Crippen molar-refractivity contribution in [3.8, 4) is 5.75 Å². The van der Waals surface area contributed by atoms with E-state index in [1.165, 1.54) is 6.42 Å². The fourth-order valence-electron chi connectivity index (χ4n) is 4.07. The lowest BCUT2D eigenvalue weighted by Crippen LogP contribution is -2.46. The van der Waals surface area contributed by atoms with Crippen LogP contribution < -0.4 is 4.74 Å². The summed E-state index contributed by atoms with van der Waals surface area (Å²) in [5.41, 5.74) is 0.654. The van der Waals surface area contributed by atoms with Gasteiger partial charge in [-0.15, -0.1) is 0 Å². The Bertz CT molecular complexity index is 476. The van der Waals surface area contributed by atoms with Crippen LogP contribution in [0.5, 0.6) is 5.75 Å². The highest BCUT2D eigenvalue weighted by Crippen LogP contribution is 2.49. The second kappa shape index (κ2) is 4.68. The van der Waals surface area contributed by atoms with Crippen LogP contribution in [-0.4, -0.2) is 10.7 Å². The van der Waals surface area contributed by atoms with Crippen LogP contribution in [0.15, 0.2) is 18.2 Å². The molecule has 0 bridgehead atoms. The number of halogens is 1. The number of rotatable bonds is 0. The highest BCUT2D eigenvalue weighted by atomic mass is 35.5. The first-order chi connectivity index (χ1) is 8.97. The van der Waals surface area contributed by atoms with Gasteiger partial charge in [0.25, 0.3) is 0 Å². The average molecular weight is 281 g/mol. The van der Waals surface area contributed by atoms with E-state index < -0.39 is 6.10 Å². The van der Waals surface area contributed by atoms with E-state index in [2.05, 4.69) is 13.8 Å². The Hall–Kier alpha value is -0.730. The van der Waals surface area contributed by atoms with E-state index in [1.54, 1.807) is 0 Å². The molecule has 2 aliphatic rings. The molecule has 0 saturated heterocycles. The molecule has 0 aromatic heterocycles. The second-order valence-corrected chi connectivity index (χ2v) is 6.98. The molecule has 1 heterocycles. The van der Waals surface area contributed by atoms with Crippen molar-refractivity contribution in [2.45, 2.75) is 51.2 Å². The van der Waals surface area contributed by atoms with Crippen molar-refractivity contribution in [3.63, 3.8) is 0 Å². The van der Waals surface area contributed by atoms with Crippen LogP contribution in [0.4, 0.5) is 0 Å². The molecule has 2 unspecified atom stereocenters. The summed E-state index contributed by atoms with van der Waals surface area (Å²) in [5.74, 6) is 2.12. The summed E-state index contributed by atoms with van der Waals surface area (Å²) in [6.07, 6.45) is 3.57. The minimum absolute atomic E-state index is 0.183. The minimum Gasteiger partial charge on any atom is -0.487 e. The Kier molecular flexibility index (Phi) is 3.26. The Morgan fingerprint density at radius 2 is 1.89 bits per heavy atom. The van der Waals surface area contributed by atoms with Crippen LogP contribution in [0.2, 0.25) is 5.02 Å². The normalized spacial score (nSPS) is 37.8. The maximum atomic E-state index is 10.4. The van der Waals surface area contributed by atoms with E-state index in [4.69, 9.17) is 16.3 Å². The molecule has 1 fully saturated rings. The van der Waals surface area contributed by atoms with Gasteiger partial charge in [-0.25, -0.2) is 0 Å². The van der Waals surface area contributed by atoms with Gasteiger partial charge in [-0.2, -0.15) is 0 Å². The molecule has 1 aliphatic carbocycles. The molecular formula is C16H21ClO2. The van der Waals surface area contributed by atoms with Crippen LogP contribution >= 0.6 is 11.6 Å². The van der Waals surface area contributed by atoms with Gasteiger partial charge in [0.15, 0.2) is 0 Å². The van der Waals surface area contributed by atoms with Gasteiger partial charge >= 0.3 is 0 Å². The Morgan fingerprint density at radius 3 is 2.58 bits per heavy atom. The molecule has 104 valence electrons. The quantitative estimate of drug-likeness (QED) is 0.765. The first-order valence-corrected chi connectivity index (χ1v) is 7.52. The first kappa shape index (κ1) is 13.3. The molecule has 3 atom stereocenters. The molecule has 2 nitrogen and oxygen atoms in total. The predicted molar refractivity (Wildman–Crippen MR) is 76.6 cm³/mol. The second-order valence-electron chi connectivity index (χ2n) is 6.54. The fraction of sp³-hybridized carbons (Fsp3) is 0.625. The molecule has 3 rings (SSSR count). The highest BCUT2D eigenvalue weighted by Gasteiger charge is 2.45. The number of benzene rings is 1. The van der Waals surface area contributed by atoms with Gasteiger partial charge in [0.05, 0.1) is 6.10 Å². The third-order valence-corrected chi connectivity index (χ3v) is 4.70. The van der Waals surface area contributed by atoms with Crippen LogP contribution in [0.1, 0.15) is 51.2 Å². The molecule has 3 heteroatoms. The van der Waals surface area contributed by atoms with Crippen molar-refractivity contribution < 1.29 is 9.84 Å². The number of aliphatic hydroxyl groups is 1. The van der Waals surface area contributed by atoms with E-state index in [-0.39, 0.29) is 5.60 Å². The lowest BCUT2D eigenvalue weighted by Gasteiger charge is -2.47. The smallest absolute Gasteiger partial charge is 0.126 e. The van der Waals surface area contributed by atoms with Gasteiger partial charge in [-0.3, -0.25) is 0 Å². The molecule has 1 aromatic carbocycles. The lowest BCUT2D eigenvalue weighted by molar-refractivity contribution is -0.0623. The van der Waals surface area contributed by atoms with Crippen molar-refractivity contribution in [2.75, 3.05) is 0 Å². The van der Waals surface area contributed by atoms with Crippen LogP contribution in [-0.2, 0) is 0 Å². The van der Waals surface area contributed by atoms with Crippen LogP contribution in [0.25, 0.3) is 0 Å². The molecule has 0 amide bonds. The Labute approximate surface area is 119 Å². The lowest BCUT2D eigenvalue weighted by atomic mass is 9.70. The predicted octanol–water partition coefficient (Wildman–Crippen LogP) is 4.35. The SMILES string of the molecule is CC1CC(C)CC2(C1)C[C@H](O)c1cc(Cl)ccc1O2. The molecule has 1 saturated carbocycles. The van der Waals surface area contributed by atoms with E-state index >= 15 is 0 Å². The van der Waals surface area contributed by atoms with Crippen molar-refractivity contribution in [1.29, 1.82) is 0 Å². The highest BCUT2D eigenvalue weighted by molar-refractivity contribution is 6.30. The summed E-state index contributed by atoms with van der Waals surface area (Å²) in [5, 5.41) is 11.1. The topological polar surface area (TPSA) is 29.5 Å². The van der Waals surface area contributed by atoms with Crippen LogP contribution in [0, 0.1) is 11.8 Å². The average Bonchev–Trinajstić information content (AvgIpc) is 2.28.